The molecule has 296 valence electrons. The number of methoxy groups -OCH3 is 1. The lowest BCUT2D eigenvalue weighted by Gasteiger charge is -2.42. The highest BCUT2D eigenvalue weighted by molar-refractivity contribution is 6.31. The molecule has 2 aliphatic heterocycles. The van der Waals surface area contributed by atoms with Gasteiger partial charge in [-0.2, -0.15) is 4.98 Å². The van der Waals surface area contributed by atoms with Crippen molar-refractivity contribution < 1.29 is 69.1 Å². The number of benzene rings is 2. The average Bonchev–Trinajstić information content (AvgIpc) is 3.42. The molecule has 2 fully saturated rings. The number of rotatable bonds is 6. The van der Waals surface area contributed by atoms with Crippen LogP contribution in [-0.4, -0.2) is 125 Å². The zero-order valence-corrected chi connectivity index (χ0v) is 29.9. The minimum absolute atomic E-state index is 0.0147. The summed E-state index contributed by atoms with van der Waals surface area (Å²) < 4.78 is 23.3. The molecule has 0 saturated carbocycles. The quantitative estimate of drug-likeness (QED) is 0.100. The Bertz CT molecular complexity index is 2080. The second kappa shape index (κ2) is 15.0. The van der Waals surface area contributed by atoms with Crippen LogP contribution in [0.5, 0.6) is 17.2 Å². The van der Waals surface area contributed by atoms with Crippen molar-refractivity contribution in [2.75, 3.05) is 19.5 Å². The summed E-state index contributed by atoms with van der Waals surface area (Å²) in [5, 5.41) is 72.3. The van der Waals surface area contributed by atoms with Crippen molar-refractivity contribution >= 4 is 23.2 Å². The summed E-state index contributed by atoms with van der Waals surface area (Å²) in [6, 6.07) is 5.12. The molecule has 0 amide bonds. The number of nitrogen functional groups attached to an aromatic ring is 1. The second-order valence-electron chi connectivity index (χ2n) is 13.9. The van der Waals surface area contributed by atoms with Crippen molar-refractivity contribution in [1.82, 2.24) is 9.55 Å². The Morgan fingerprint density at radius 3 is 2.31 bits per heavy atom. The van der Waals surface area contributed by atoms with E-state index in [1.807, 2.05) is 0 Å². The van der Waals surface area contributed by atoms with Crippen LogP contribution in [0.1, 0.15) is 82.0 Å². The fourth-order valence-corrected chi connectivity index (χ4v) is 7.39. The Morgan fingerprint density at radius 1 is 1.02 bits per heavy atom. The maximum atomic E-state index is 13.6. The van der Waals surface area contributed by atoms with E-state index >= 15 is 0 Å². The zero-order valence-electron chi connectivity index (χ0n) is 29.9. The zero-order chi connectivity index (χ0) is 40.3. The lowest BCUT2D eigenvalue weighted by atomic mass is 9.72. The molecule has 3 aromatic rings. The molecule has 19 heteroatoms. The average molecular weight is 771 g/mol. The molecular formula is C36H42N4O15. The van der Waals surface area contributed by atoms with Crippen molar-refractivity contribution in [1.29, 1.82) is 0 Å². The number of aliphatic hydroxyl groups excluding tert-OH is 4. The highest BCUT2D eigenvalue weighted by Crippen LogP contribution is 2.52. The van der Waals surface area contributed by atoms with Crippen molar-refractivity contribution in [2.45, 2.75) is 93.9 Å². The van der Waals surface area contributed by atoms with E-state index < -0.39 is 119 Å². The Morgan fingerprint density at radius 2 is 1.71 bits per heavy atom. The number of ketones is 3. The van der Waals surface area contributed by atoms with Crippen LogP contribution < -0.4 is 21.9 Å². The molecule has 0 spiro atoms. The normalized spacial score (nSPS) is 31.1. The summed E-state index contributed by atoms with van der Waals surface area (Å²) in [6.45, 7) is 2.33. The van der Waals surface area contributed by atoms with Gasteiger partial charge in [0.25, 0.3) is 0 Å². The second-order valence-corrected chi connectivity index (χ2v) is 13.9. The topological polar surface area (TPSA) is 317 Å². The predicted octanol–water partition coefficient (Wildman–Crippen LogP) is -1.53. The smallest absolute Gasteiger partial charge is 0.351 e. The first-order chi connectivity index (χ1) is 25.9. The van der Waals surface area contributed by atoms with Gasteiger partial charge in [-0.25, -0.2) is 4.79 Å². The first-order valence-electron chi connectivity index (χ1n) is 17.3. The van der Waals surface area contributed by atoms with Crippen molar-refractivity contribution in [3.8, 4) is 17.2 Å². The van der Waals surface area contributed by atoms with Gasteiger partial charge in [0.15, 0.2) is 24.1 Å². The Balaban J connectivity index is 0.000000252. The molecule has 19 nitrogen and oxygen atoms in total. The first-order valence-corrected chi connectivity index (χ1v) is 17.3. The number of phenols is 2. The number of nitrogens with two attached hydrogens (primary N) is 2. The summed E-state index contributed by atoms with van der Waals surface area (Å²) in [6.07, 6.45) is -7.80. The number of fused-ring (bicyclic) bond motifs is 3. The molecule has 10 atom stereocenters. The van der Waals surface area contributed by atoms with Gasteiger partial charge < -0.3 is 66.2 Å². The fraction of sp³-hybridized carbons (Fsp3) is 0.472. The molecule has 55 heavy (non-hydrogen) atoms. The molecule has 2 aromatic carbocycles. The summed E-state index contributed by atoms with van der Waals surface area (Å²) in [7, 11) is 1.34. The maximum Gasteiger partial charge on any atom is 0.351 e. The highest BCUT2D eigenvalue weighted by Gasteiger charge is 2.49. The van der Waals surface area contributed by atoms with Gasteiger partial charge in [0, 0.05) is 48.2 Å². The van der Waals surface area contributed by atoms with Crippen molar-refractivity contribution in [3.05, 3.63) is 74.3 Å². The molecule has 0 radical (unpaired) electrons. The third kappa shape index (κ3) is 6.87. The van der Waals surface area contributed by atoms with Crippen LogP contribution in [0.15, 0.2) is 35.3 Å². The van der Waals surface area contributed by atoms with E-state index in [2.05, 4.69) is 4.98 Å². The molecule has 4 aliphatic rings. The maximum absolute atomic E-state index is 13.6. The van der Waals surface area contributed by atoms with Gasteiger partial charge in [-0.3, -0.25) is 19.0 Å². The number of ether oxygens (including phenoxy) is 4. The van der Waals surface area contributed by atoms with Crippen LogP contribution >= 0.6 is 0 Å². The van der Waals surface area contributed by atoms with Crippen LogP contribution in [0.25, 0.3) is 0 Å². The van der Waals surface area contributed by atoms with E-state index in [4.69, 9.17) is 35.5 Å². The van der Waals surface area contributed by atoms with E-state index in [0.717, 1.165) is 4.57 Å². The van der Waals surface area contributed by atoms with Gasteiger partial charge in [-0.15, -0.1) is 0 Å². The number of anilines is 1. The lowest BCUT2D eigenvalue weighted by molar-refractivity contribution is -0.247. The summed E-state index contributed by atoms with van der Waals surface area (Å²) in [5.41, 5.74) is 7.60. The molecule has 1 aromatic heterocycles. The third-order valence-electron chi connectivity index (χ3n) is 10.4. The standard InChI is InChI=1S/C27H29NO10.C9H13N3O5/c1-10-22(30)14(28)7-17(37-10)38-16-9-27(35,11(2)29)8-13-19(16)26(34)21-20(24(13)32)23(31)12-5-4-6-15(36-3)18(12)25(21)33;10-5-1-2-12(9(16)11-5)8-7(15)6(14)4(3-13)17-8/h4-6,10,14,16-17,22,30,32,34-35H,7-9,28H2,1-3H3;1-2,4,6-8,13-15H,3H2,(H2,10,11,16)/t10?,14?,16-,17?,22?,27-;4-,6-,7-,8-/m01/s1. The highest BCUT2D eigenvalue weighted by atomic mass is 16.7. The Kier molecular flexibility index (Phi) is 10.9. The van der Waals surface area contributed by atoms with Crippen molar-refractivity contribution in [3.63, 3.8) is 0 Å². The molecule has 0 bridgehead atoms. The van der Waals surface area contributed by atoms with Crippen molar-refractivity contribution in [2.24, 2.45) is 5.73 Å². The number of aliphatic hydroxyl groups is 5. The number of nitrogens with zero attached hydrogens (tertiary/aromatic N) is 2. The van der Waals surface area contributed by atoms with Crippen LogP contribution in [-0.2, 0) is 25.4 Å². The van der Waals surface area contributed by atoms with Gasteiger partial charge >= 0.3 is 5.69 Å². The van der Waals surface area contributed by atoms with E-state index in [1.54, 1.807) is 6.92 Å². The monoisotopic (exact) mass is 770 g/mol. The number of carbonyl (C=O) groups excluding carboxylic acids is 3. The number of hydrogen-bond acceptors (Lipinski definition) is 18. The first kappa shape index (κ1) is 39.9. The van der Waals surface area contributed by atoms with E-state index in [9.17, 15) is 49.8 Å². The van der Waals surface area contributed by atoms with E-state index in [-0.39, 0.29) is 46.7 Å². The molecule has 11 N–H and O–H groups in total. The molecule has 2 aliphatic carbocycles. The van der Waals surface area contributed by atoms with Gasteiger partial charge in [0.1, 0.15) is 47.0 Å². The van der Waals surface area contributed by atoms with E-state index in [1.165, 1.54) is 44.5 Å². The number of carbonyl (C=O) groups is 3. The molecule has 7 rings (SSSR count). The van der Waals surface area contributed by atoms with Gasteiger partial charge in [-0.1, -0.05) is 12.1 Å². The number of aromatic nitrogens is 2. The number of Topliss-reactive ketones (excluding diaryl/α,β-unsaturated/α-hetero) is 1. The number of phenolic OH excluding ortho intramolecular Hbond substituents is 2. The minimum atomic E-state index is -2.00. The van der Waals surface area contributed by atoms with Crippen LogP contribution in [0.2, 0.25) is 0 Å². The molecule has 2 saturated heterocycles. The molecule has 3 heterocycles. The number of aromatic hydroxyl groups is 2. The summed E-state index contributed by atoms with van der Waals surface area (Å²) >= 11 is 0. The van der Waals surface area contributed by atoms with Crippen LogP contribution in [0.3, 0.4) is 0 Å². The Hall–Kier alpha value is -4.83. The molecular weight excluding hydrogens is 728 g/mol. The predicted molar refractivity (Wildman–Crippen MR) is 186 cm³/mol. The largest absolute Gasteiger partial charge is 0.507 e. The Labute approximate surface area is 312 Å². The SMILES string of the molecule is COc1cccc2c1C(=O)c1c(O)c3c(c(O)c1C2=O)C[C@@](O)(C(C)=O)C[C@@H]3OC1CC(N)C(O)C(C)O1.Nc1ccn([C@@H]2O[C@H](CO)[C@@H](O)[C@H]2O)c(=O)n1. The summed E-state index contributed by atoms with van der Waals surface area (Å²) in [4.78, 5) is 54.6. The van der Waals surface area contributed by atoms with Gasteiger partial charge in [0.05, 0.1) is 48.7 Å². The number of hydrogen-bond donors (Lipinski definition) is 9. The van der Waals surface area contributed by atoms with Gasteiger partial charge in [0.2, 0.25) is 5.78 Å². The van der Waals surface area contributed by atoms with E-state index in [0.29, 0.717) is 0 Å². The summed E-state index contributed by atoms with van der Waals surface area (Å²) in [5.74, 6) is -3.12. The fourth-order valence-electron chi connectivity index (χ4n) is 7.39. The third-order valence-corrected chi connectivity index (χ3v) is 10.4. The molecule has 4 unspecified atom stereocenters. The van der Waals surface area contributed by atoms with Crippen LogP contribution in [0.4, 0.5) is 5.82 Å². The lowest BCUT2D eigenvalue weighted by Crippen LogP contribution is -2.52. The minimum Gasteiger partial charge on any atom is -0.507 e. The van der Waals surface area contributed by atoms with Crippen LogP contribution in [0, 0.1) is 0 Å². The van der Waals surface area contributed by atoms with Gasteiger partial charge in [-0.05, 0) is 26.0 Å².